The van der Waals surface area contributed by atoms with E-state index >= 15 is 0 Å². The predicted molar refractivity (Wildman–Crippen MR) is 522 cm³/mol. The molecular formula is C108H155Fe6NO13-12. The molecular weight excluding hydrogens is 1850 g/mol. The van der Waals surface area contributed by atoms with Gasteiger partial charge in [-0.15, -0.1) is 23.2 Å². The molecule has 0 radical (unpaired) electrons. The van der Waals surface area contributed by atoms with Crippen LogP contribution in [0.5, 0.6) is 0 Å². The molecule has 0 saturated carbocycles. The van der Waals surface area contributed by atoms with Gasteiger partial charge in [0.2, 0.25) is 0 Å². The van der Waals surface area contributed by atoms with Crippen LogP contribution in [0.3, 0.4) is 0 Å². The minimum atomic E-state index is -0.866. The maximum absolute atomic E-state index is 11.4. The van der Waals surface area contributed by atoms with E-state index in [0.717, 1.165) is 80.2 Å². The quantitative estimate of drug-likeness (QED) is 0.0111. The van der Waals surface area contributed by atoms with E-state index < -0.39 is 5.95 Å². The Morgan fingerprint density at radius 2 is 0.641 bits per heavy atom. The van der Waals surface area contributed by atoms with Crippen molar-refractivity contribution in [3.8, 4) is 0 Å². The maximum Gasteiger partial charge on any atom is 2.00 e. The molecule has 14 nitrogen and oxygen atoms in total. The van der Waals surface area contributed by atoms with Crippen molar-refractivity contribution < 1.29 is 166 Å². The molecule has 8 aromatic rings. The number of nitrogens with zero attached hydrogens (tertiary/aromatic N) is 1. The molecule has 12 rings (SSSR count). The van der Waals surface area contributed by atoms with Crippen LogP contribution >= 0.6 is 0 Å². The van der Waals surface area contributed by atoms with E-state index in [-0.39, 0.29) is 228 Å². The summed E-state index contributed by atoms with van der Waals surface area (Å²) in [7, 11) is 0. The van der Waals surface area contributed by atoms with Crippen molar-refractivity contribution in [2.24, 2.45) is 0 Å². The number of ether oxygens (including phenoxy) is 5. The van der Waals surface area contributed by atoms with Crippen LogP contribution in [0.1, 0.15) is 160 Å². The van der Waals surface area contributed by atoms with Crippen molar-refractivity contribution in [1.29, 1.82) is 0 Å². The van der Waals surface area contributed by atoms with Gasteiger partial charge < -0.3 is 144 Å². The van der Waals surface area contributed by atoms with Crippen molar-refractivity contribution in [3.05, 3.63) is 479 Å². The van der Waals surface area contributed by atoms with E-state index in [1.54, 1.807) is 48.6 Å². The number of rotatable bonds is 29. The molecule has 8 aromatic carbocycles. The summed E-state index contributed by atoms with van der Waals surface area (Å²) in [5, 5.41) is 53.1. The third-order valence-corrected chi connectivity index (χ3v) is 14.6. The van der Waals surface area contributed by atoms with Crippen molar-refractivity contribution in [3.63, 3.8) is 0 Å². The van der Waals surface area contributed by atoms with E-state index in [0.29, 0.717) is 69.0 Å². The Hall–Kier alpha value is -8.23. The summed E-state index contributed by atoms with van der Waals surface area (Å²) in [5.74, 6) is -1.61. The minimum Gasteiger partial charge on any atom is -0.690 e. The molecule has 128 heavy (non-hydrogen) atoms. The zero-order valence-electron chi connectivity index (χ0n) is 79.8. The van der Waals surface area contributed by atoms with Gasteiger partial charge in [0.05, 0.1) is 37.7 Å². The molecule has 0 amide bonds. The summed E-state index contributed by atoms with van der Waals surface area (Å²) in [6, 6.07) is 70.9. The van der Waals surface area contributed by atoms with Crippen LogP contribution in [-0.2, 0) is 167 Å². The van der Waals surface area contributed by atoms with E-state index in [2.05, 4.69) is 45.2 Å². The molecule has 4 aliphatic rings. The Morgan fingerprint density at radius 1 is 0.336 bits per heavy atom. The van der Waals surface area contributed by atoms with E-state index in [4.69, 9.17) is 33.9 Å². The van der Waals surface area contributed by atoms with Crippen LogP contribution in [0.15, 0.2) is 362 Å². The normalized spacial score (nSPS) is 9.65. The van der Waals surface area contributed by atoms with Gasteiger partial charge in [-0.25, -0.2) is 97.1 Å². The Bertz CT molecular complexity index is 3380. The van der Waals surface area contributed by atoms with E-state index in [1.807, 2.05) is 275 Å². The average molecular weight is 2010 g/mol. The van der Waals surface area contributed by atoms with Gasteiger partial charge in [0.1, 0.15) is 0 Å². The number of hydrogen-bond acceptors (Lipinski definition) is 13. The minimum absolute atomic E-state index is 0. The molecule has 2 N–H and O–H groups in total. The van der Waals surface area contributed by atoms with Crippen LogP contribution in [-0.4, -0.2) is 54.5 Å². The summed E-state index contributed by atoms with van der Waals surface area (Å²) < 4.78 is 25.0. The molecule has 0 fully saturated rings. The number of unbranched alkanes of at least 4 members (excludes halogenated alkanes) is 7. The summed E-state index contributed by atoms with van der Waals surface area (Å²) in [5.41, 5.74) is 6.98. The summed E-state index contributed by atoms with van der Waals surface area (Å²) in [6.07, 6.45) is 46.4. The van der Waals surface area contributed by atoms with Crippen molar-refractivity contribution in [2.45, 2.75) is 164 Å². The SMILES string of the molecule is CCCCC(=O)OCc1ccc[cH-]1.CCCCC(=O)OCc1ccc[cH-]1.CCCCCCCOC(=O)Cc1ccc[cH-]1.CCCC[N-]C=C1C=CC=C1.CCCOC([O-])=C1C=CC=C1.CCCOC([O-])=C1C=CC=C1.OCc1ccc[cH-]1.[CH3-].[CH3-].[CH3-].[CH3-].[CH3-].[CH3-].[CH3-].[CH3-].[CH3-].[CH3-].[CH3-].[CH3-].[Fe+2].[Fe+2].[Fe+2].[Fe+2].[Fe+2].[Fe+2].[O-]C(O)=C1C=CC=C1.c1cc[cH-]c1.c1cc[cH-]c1.c1cc[cH-]c1.c1cc[cH-]c1. The molecule has 0 bridgehead atoms. The first kappa shape index (κ1) is 163. The molecule has 0 aliphatic heterocycles. The van der Waals surface area contributed by atoms with Crippen molar-refractivity contribution in [2.75, 3.05) is 26.4 Å². The topological polar surface area (TPSA) is 221 Å². The molecule has 0 aromatic heterocycles. The zero-order valence-corrected chi connectivity index (χ0v) is 86.4. The van der Waals surface area contributed by atoms with Crippen LogP contribution < -0.4 is 15.3 Å². The molecule has 0 unspecified atom stereocenters. The summed E-state index contributed by atoms with van der Waals surface area (Å²) in [4.78, 5) is 33.5. The van der Waals surface area contributed by atoms with E-state index in [9.17, 15) is 29.7 Å². The fraction of sp³-hybridized carbons (Fsp3) is 0.269. The van der Waals surface area contributed by atoms with Gasteiger partial charge in [-0.2, -0.15) is 133 Å². The number of aliphatic hydroxyl groups is 2. The Kier molecular flexibility index (Phi) is 157. The smallest absolute Gasteiger partial charge is 0.690 e. The van der Waals surface area contributed by atoms with Gasteiger partial charge in [-0.3, -0.25) is 14.4 Å². The number of aliphatic hydroxyl groups excluding tert-OH is 2. The summed E-state index contributed by atoms with van der Waals surface area (Å²) in [6.45, 7) is 16.0. The standard InChI is InChI=1S/C14H21O2.2C11H15O2.C10H14N.2C9H12O2.C6H6O2.C6H7O.4C5H5.12CH3.6Fe/c1-2-3-4-5-8-11-16-14(15)12-13-9-6-7-10-13;2*1-2-3-8-11(12)13-9-10-6-4-5-7-10;1-2-3-8-11-9-10-6-4-5-7-10;2*1-2-7-11-9(10)8-5-3-4-6-8;7-6(8)5-3-1-2-4-5;7-5-6-3-1-2-4-6;4*1-2-4-5-3-1;;;;;;;;;;;;;;;;;;/h6-7,9-10H,2-5,8,11-12H2,1H3;2*4-7H,2-3,8-9H2,1H3;4-7,9H,2-3,8H2,1H3;2*3-6,10H,2,7H2,1H3;1-4,7-8H;1-4,7H,5H2;4*1-5H;12*1H3;;;;;;/q4*-1;;;;17*-1;6*+2/p-3. The van der Waals surface area contributed by atoms with Gasteiger partial charge >= 0.3 is 120 Å². The Balaban J connectivity index is -0.0000000645. The molecule has 730 valence electrons. The third-order valence-electron chi connectivity index (χ3n) is 14.6. The van der Waals surface area contributed by atoms with Gasteiger partial charge in [-0.1, -0.05) is 190 Å². The second kappa shape index (κ2) is 123. The Morgan fingerprint density at radius 3 is 0.906 bits per heavy atom. The molecule has 0 spiro atoms. The molecule has 0 atom stereocenters. The second-order valence-electron chi connectivity index (χ2n) is 24.2. The van der Waals surface area contributed by atoms with Crippen molar-refractivity contribution >= 4 is 17.9 Å². The zero-order chi connectivity index (χ0) is 80.1. The number of carbonyl (C=O) groups is 3. The number of carbonyl (C=O) groups excluding carboxylic acids is 3. The number of esters is 3. The van der Waals surface area contributed by atoms with Crippen LogP contribution in [0.2, 0.25) is 0 Å². The largest absolute Gasteiger partial charge is 2.00 e. The van der Waals surface area contributed by atoms with Crippen molar-refractivity contribution in [1.82, 2.24) is 0 Å². The van der Waals surface area contributed by atoms with Crippen LogP contribution in [0.4, 0.5) is 0 Å². The first-order valence-electron chi connectivity index (χ1n) is 38.3. The van der Waals surface area contributed by atoms with E-state index in [1.165, 1.54) is 37.7 Å². The number of allylic oxidation sites excluding steroid dienone is 20. The van der Waals surface area contributed by atoms with Crippen LogP contribution in [0.25, 0.3) is 5.32 Å². The predicted octanol–water partition coefficient (Wildman–Crippen LogP) is 26.3. The monoisotopic (exact) mass is 2010 g/mol. The fourth-order valence-electron chi connectivity index (χ4n) is 8.56. The molecule has 4 aliphatic carbocycles. The first-order valence-corrected chi connectivity index (χ1v) is 38.3. The average Bonchev–Trinajstić information content (AvgIpc) is 1.80. The number of hydrogen-bond donors (Lipinski definition) is 2. The first-order chi connectivity index (χ1) is 53.8. The van der Waals surface area contributed by atoms with Gasteiger partial charge in [0, 0.05) is 25.9 Å². The summed E-state index contributed by atoms with van der Waals surface area (Å²) >= 11 is 0. The third kappa shape index (κ3) is 102. The van der Waals surface area contributed by atoms with Gasteiger partial charge in [-0.05, 0) is 67.6 Å². The molecule has 0 saturated heterocycles. The van der Waals surface area contributed by atoms with Crippen LogP contribution in [0, 0.1) is 89.1 Å². The van der Waals surface area contributed by atoms with Gasteiger partial charge in [0.25, 0.3) is 0 Å². The fourth-order valence-corrected chi connectivity index (χ4v) is 8.56. The Labute approximate surface area is 846 Å². The second-order valence-corrected chi connectivity index (χ2v) is 24.2. The molecule has 20 heteroatoms. The maximum atomic E-state index is 11.4. The van der Waals surface area contributed by atoms with Gasteiger partial charge in [0.15, 0.2) is 0 Å². The molecule has 0 heterocycles.